The normalized spacial score (nSPS) is 19.9. The number of carbonyl (C=O) groups excluding carboxylic acids is 1. The van der Waals surface area contributed by atoms with Crippen LogP contribution in [0.4, 0.5) is 0 Å². The first kappa shape index (κ1) is 22.7. The number of piperazine rings is 1. The molecule has 1 aromatic carbocycles. The van der Waals surface area contributed by atoms with Crippen molar-refractivity contribution in [3.63, 3.8) is 0 Å². The maximum atomic E-state index is 12.5. The number of para-hydroxylation sites is 1. The van der Waals surface area contributed by atoms with E-state index >= 15 is 0 Å². The van der Waals surface area contributed by atoms with Crippen LogP contribution < -0.4 is 10.1 Å². The third kappa shape index (κ3) is 5.73. The van der Waals surface area contributed by atoms with Gasteiger partial charge in [-0.3, -0.25) is 9.79 Å². The zero-order valence-corrected chi connectivity index (χ0v) is 19.1. The van der Waals surface area contributed by atoms with Crippen LogP contribution in [0.3, 0.4) is 0 Å². The number of hydrogen-bond donors (Lipinski definition) is 1. The SMILES string of the molecule is CCOc1ccccc1CNC(=NC)N1CCN(C(=O)C2CCCO2)CC1.I. The number of carbonyl (C=O) groups is 1. The number of nitrogens with zero attached hydrogens (tertiary/aromatic N) is 3. The summed E-state index contributed by atoms with van der Waals surface area (Å²) in [7, 11) is 1.79. The number of benzene rings is 1. The number of halogens is 1. The van der Waals surface area contributed by atoms with E-state index in [1.54, 1.807) is 7.05 Å². The molecule has 0 aromatic heterocycles. The van der Waals surface area contributed by atoms with E-state index in [9.17, 15) is 4.79 Å². The van der Waals surface area contributed by atoms with Crippen molar-refractivity contribution in [2.24, 2.45) is 4.99 Å². The zero-order chi connectivity index (χ0) is 19.1. The van der Waals surface area contributed by atoms with Crippen molar-refractivity contribution in [1.82, 2.24) is 15.1 Å². The van der Waals surface area contributed by atoms with E-state index in [4.69, 9.17) is 9.47 Å². The largest absolute Gasteiger partial charge is 0.494 e. The van der Waals surface area contributed by atoms with Crippen molar-refractivity contribution < 1.29 is 14.3 Å². The first-order valence-corrected chi connectivity index (χ1v) is 9.79. The molecule has 2 aliphatic rings. The third-order valence-corrected chi connectivity index (χ3v) is 5.02. The standard InChI is InChI=1S/C20H30N4O3.HI/c1-3-26-17-8-5-4-7-16(17)15-22-20(21-2)24-12-10-23(11-13-24)19(25)18-9-6-14-27-18;/h4-5,7-8,18H,3,6,9-15H2,1-2H3,(H,21,22);1H. The van der Waals surface area contributed by atoms with Gasteiger partial charge in [-0.05, 0) is 25.8 Å². The smallest absolute Gasteiger partial charge is 0.251 e. The molecule has 2 saturated heterocycles. The highest BCUT2D eigenvalue weighted by Gasteiger charge is 2.30. The van der Waals surface area contributed by atoms with E-state index in [-0.39, 0.29) is 36.0 Å². The fourth-order valence-electron chi connectivity index (χ4n) is 3.57. The maximum absolute atomic E-state index is 12.5. The van der Waals surface area contributed by atoms with E-state index in [0.717, 1.165) is 43.2 Å². The van der Waals surface area contributed by atoms with E-state index in [1.165, 1.54) is 0 Å². The average molecular weight is 502 g/mol. The number of nitrogens with one attached hydrogen (secondary N) is 1. The molecule has 2 fully saturated rings. The van der Waals surface area contributed by atoms with Gasteiger partial charge in [0.15, 0.2) is 5.96 Å². The quantitative estimate of drug-likeness (QED) is 0.380. The van der Waals surface area contributed by atoms with Gasteiger partial charge in [0.2, 0.25) is 0 Å². The molecular formula is C20H31IN4O3. The Morgan fingerprint density at radius 3 is 2.61 bits per heavy atom. The van der Waals surface area contributed by atoms with Gasteiger partial charge in [-0.15, -0.1) is 24.0 Å². The highest BCUT2D eigenvalue weighted by atomic mass is 127. The van der Waals surface area contributed by atoms with Crippen LogP contribution in [0.25, 0.3) is 0 Å². The van der Waals surface area contributed by atoms with Crippen molar-refractivity contribution in [2.75, 3.05) is 46.4 Å². The average Bonchev–Trinajstić information content (AvgIpc) is 3.24. The minimum Gasteiger partial charge on any atom is -0.494 e. The summed E-state index contributed by atoms with van der Waals surface area (Å²) in [6.07, 6.45) is 1.60. The lowest BCUT2D eigenvalue weighted by Crippen LogP contribution is -2.55. The minimum absolute atomic E-state index is 0. The fraction of sp³-hybridized carbons (Fsp3) is 0.600. The van der Waals surface area contributed by atoms with Crippen molar-refractivity contribution in [2.45, 2.75) is 32.4 Å². The molecular weight excluding hydrogens is 471 g/mol. The summed E-state index contributed by atoms with van der Waals surface area (Å²) < 4.78 is 11.2. The van der Waals surface area contributed by atoms with Gasteiger partial charge in [0, 0.05) is 51.9 Å². The second-order valence-electron chi connectivity index (χ2n) is 6.76. The Labute approximate surface area is 184 Å². The van der Waals surface area contributed by atoms with Crippen LogP contribution in [-0.2, 0) is 16.1 Å². The van der Waals surface area contributed by atoms with E-state index in [2.05, 4.69) is 21.3 Å². The van der Waals surface area contributed by atoms with E-state index < -0.39 is 0 Å². The molecule has 1 unspecified atom stereocenters. The van der Waals surface area contributed by atoms with Crippen LogP contribution in [0.5, 0.6) is 5.75 Å². The summed E-state index contributed by atoms with van der Waals surface area (Å²) in [5.41, 5.74) is 1.10. The molecule has 3 rings (SSSR count). The fourth-order valence-corrected chi connectivity index (χ4v) is 3.57. The van der Waals surface area contributed by atoms with Crippen LogP contribution in [0.2, 0.25) is 0 Å². The van der Waals surface area contributed by atoms with Crippen LogP contribution in [-0.4, -0.2) is 74.2 Å². The Bertz CT molecular complexity index is 657. The predicted octanol–water partition coefficient (Wildman–Crippen LogP) is 2.10. The number of guanidine groups is 1. The molecule has 1 atom stereocenters. The summed E-state index contributed by atoms with van der Waals surface area (Å²) in [6, 6.07) is 8.04. The third-order valence-electron chi connectivity index (χ3n) is 5.02. The topological polar surface area (TPSA) is 66.4 Å². The van der Waals surface area contributed by atoms with Crippen LogP contribution >= 0.6 is 24.0 Å². The van der Waals surface area contributed by atoms with Gasteiger partial charge in [0.1, 0.15) is 11.9 Å². The maximum Gasteiger partial charge on any atom is 0.251 e. The summed E-state index contributed by atoms with van der Waals surface area (Å²) in [5, 5.41) is 3.42. The molecule has 1 N–H and O–H groups in total. The lowest BCUT2D eigenvalue weighted by Gasteiger charge is -2.37. The highest BCUT2D eigenvalue weighted by Crippen LogP contribution is 2.18. The molecule has 0 radical (unpaired) electrons. The van der Waals surface area contributed by atoms with Gasteiger partial charge < -0.3 is 24.6 Å². The lowest BCUT2D eigenvalue weighted by molar-refractivity contribution is -0.142. The van der Waals surface area contributed by atoms with Crippen LogP contribution in [0, 0.1) is 0 Å². The van der Waals surface area contributed by atoms with Crippen molar-refractivity contribution in [1.29, 1.82) is 0 Å². The van der Waals surface area contributed by atoms with Gasteiger partial charge in [-0.1, -0.05) is 18.2 Å². The number of aliphatic imine (C=N–C) groups is 1. The molecule has 2 aliphatic heterocycles. The minimum atomic E-state index is -0.232. The molecule has 0 saturated carbocycles. The molecule has 0 aliphatic carbocycles. The lowest BCUT2D eigenvalue weighted by atomic mass is 10.2. The molecule has 1 aromatic rings. The zero-order valence-electron chi connectivity index (χ0n) is 16.7. The molecule has 2 heterocycles. The Balaban J connectivity index is 0.00000280. The number of rotatable bonds is 5. The summed E-state index contributed by atoms with van der Waals surface area (Å²) >= 11 is 0. The van der Waals surface area contributed by atoms with Crippen molar-refractivity contribution in [3.05, 3.63) is 29.8 Å². The van der Waals surface area contributed by atoms with E-state index in [1.807, 2.05) is 30.0 Å². The van der Waals surface area contributed by atoms with Crippen LogP contribution in [0.1, 0.15) is 25.3 Å². The van der Waals surface area contributed by atoms with Crippen molar-refractivity contribution >= 4 is 35.8 Å². The second kappa shape index (κ2) is 11.5. The molecule has 156 valence electrons. The number of amides is 1. The Kier molecular flexibility index (Phi) is 9.30. The monoisotopic (exact) mass is 502 g/mol. The Hall–Kier alpha value is -1.55. The van der Waals surface area contributed by atoms with Gasteiger partial charge in [0.05, 0.1) is 6.61 Å². The predicted molar refractivity (Wildman–Crippen MR) is 120 cm³/mol. The first-order valence-electron chi connectivity index (χ1n) is 9.79. The van der Waals surface area contributed by atoms with Crippen molar-refractivity contribution in [3.8, 4) is 5.75 Å². The Morgan fingerprint density at radius 2 is 1.96 bits per heavy atom. The molecule has 1 amide bonds. The van der Waals surface area contributed by atoms with Gasteiger partial charge in [0.25, 0.3) is 5.91 Å². The molecule has 28 heavy (non-hydrogen) atoms. The molecule has 8 heteroatoms. The first-order chi connectivity index (χ1) is 13.2. The molecule has 7 nitrogen and oxygen atoms in total. The summed E-state index contributed by atoms with van der Waals surface area (Å²) in [5.74, 6) is 1.89. The van der Waals surface area contributed by atoms with Gasteiger partial charge in [-0.2, -0.15) is 0 Å². The molecule has 0 bridgehead atoms. The second-order valence-corrected chi connectivity index (χ2v) is 6.76. The van der Waals surface area contributed by atoms with E-state index in [0.29, 0.717) is 32.8 Å². The van der Waals surface area contributed by atoms with Crippen LogP contribution in [0.15, 0.2) is 29.3 Å². The number of hydrogen-bond acceptors (Lipinski definition) is 4. The highest BCUT2D eigenvalue weighted by molar-refractivity contribution is 14.0. The van der Waals surface area contributed by atoms with Gasteiger partial charge in [-0.25, -0.2) is 0 Å². The summed E-state index contributed by atoms with van der Waals surface area (Å²) in [6.45, 7) is 6.93. The number of ether oxygens (including phenoxy) is 2. The summed E-state index contributed by atoms with van der Waals surface area (Å²) in [4.78, 5) is 21.0. The molecule has 0 spiro atoms. The Morgan fingerprint density at radius 1 is 1.25 bits per heavy atom. The van der Waals surface area contributed by atoms with Gasteiger partial charge >= 0.3 is 0 Å².